The van der Waals surface area contributed by atoms with Gasteiger partial charge in [-0.15, -0.1) is 0 Å². The molecule has 4 atom stereocenters. The Morgan fingerprint density at radius 1 is 1.00 bits per heavy atom. The molecule has 1 aromatic rings. The lowest BCUT2D eigenvalue weighted by Crippen LogP contribution is -2.58. The van der Waals surface area contributed by atoms with Crippen molar-refractivity contribution < 1.29 is 34.5 Å². The molecule has 0 fully saturated rings. The number of phenols is 1. The quantitative estimate of drug-likeness (QED) is 0.176. The highest BCUT2D eigenvalue weighted by Gasteiger charge is 2.28. The molecule has 0 aliphatic carbocycles. The third-order valence-corrected chi connectivity index (χ3v) is 4.45. The fourth-order valence-corrected chi connectivity index (χ4v) is 2.55. The van der Waals surface area contributed by atoms with Crippen LogP contribution in [0, 0.1) is 0 Å². The van der Waals surface area contributed by atoms with Crippen molar-refractivity contribution in [2.75, 3.05) is 12.4 Å². The summed E-state index contributed by atoms with van der Waals surface area (Å²) in [6.07, 6.45) is 0.155. The SMILES string of the molecule is CC(NC(=O)C(CO)NC(=O)C(CS)NC(=O)C(N)Cc1ccc(O)cc1)C(=O)O. The molecule has 0 aliphatic heterocycles. The van der Waals surface area contributed by atoms with Crippen molar-refractivity contribution in [1.29, 1.82) is 0 Å². The summed E-state index contributed by atoms with van der Waals surface area (Å²) >= 11 is 4.01. The zero-order valence-corrected chi connectivity index (χ0v) is 17.1. The van der Waals surface area contributed by atoms with Gasteiger partial charge in [0.05, 0.1) is 12.6 Å². The number of carbonyl (C=O) groups is 4. The minimum absolute atomic E-state index is 0.0730. The van der Waals surface area contributed by atoms with Crippen molar-refractivity contribution in [3.05, 3.63) is 29.8 Å². The normalized spacial score (nSPS) is 14.7. The van der Waals surface area contributed by atoms with Crippen LogP contribution >= 0.6 is 12.6 Å². The van der Waals surface area contributed by atoms with Gasteiger partial charge >= 0.3 is 5.97 Å². The fourth-order valence-electron chi connectivity index (χ4n) is 2.29. The van der Waals surface area contributed by atoms with E-state index in [0.717, 1.165) is 0 Å². The first-order valence-electron chi connectivity index (χ1n) is 8.98. The van der Waals surface area contributed by atoms with E-state index in [4.69, 9.17) is 10.8 Å². The van der Waals surface area contributed by atoms with Gasteiger partial charge in [0.2, 0.25) is 17.7 Å². The third kappa shape index (κ3) is 7.89. The number of hydrogen-bond donors (Lipinski definition) is 8. The first-order valence-corrected chi connectivity index (χ1v) is 9.61. The van der Waals surface area contributed by atoms with Gasteiger partial charge in [-0.1, -0.05) is 12.1 Å². The zero-order chi connectivity index (χ0) is 22.8. The Kier molecular flexibility index (Phi) is 10.1. The molecule has 166 valence electrons. The van der Waals surface area contributed by atoms with Crippen LogP contribution in [-0.4, -0.2) is 75.5 Å². The van der Waals surface area contributed by atoms with E-state index in [2.05, 4.69) is 28.6 Å². The average Bonchev–Trinajstić information content (AvgIpc) is 2.70. The van der Waals surface area contributed by atoms with Gasteiger partial charge < -0.3 is 37.0 Å². The lowest BCUT2D eigenvalue weighted by molar-refractivity contribution is -0.142. The predicted molar refractivity (Wildman–Crippen MR) is 110 cm³/mol. The van der Waals surface area contributed by atoms with E-state index in [1.54, 1.807) is 12.1 Å². The van der Waals surface area contributed by atoms with Crippen LogP contribution in [0.25, 0.3) is 0 Å². The molecule has 12 heteroatoms. The van der Waals surface area contributed by atoms with Crippen LogP contribution in [0.3, 0.4) is 0 Å². The lowest BCUT2D eigenvalue weighted by Gasteiger charge is -2.23. The van der Waals surface area contributed by atoms with E-state index in [1.807, 2.05) is 0 Å². The van der Waals surface area contributed by atoms with Gasteiger partial charge in [-0.05, 0) is 31.0 Å². The Balaban J connectivity index is 2.67. The van der Waals surface area contributed by atoms with E-state index >= 15 is 0 Å². The summed E-state index contributed by atoms with van der Waals surface area (Å²) in [4.78, 5) is 47.5. The molecule has 0 aromatic heterocycles. The lowest BCUT2D eigenvalue weighted by atomic mass is 10.1. The molecular weight excluding hydrogens is 416 g/mol. The number of nitrogens with two attached hydrogens (primary N) is 1. The molecule has 0 saturated carbocycles. The van der Waals surface area contributed by atoms with Crippen LogP contribution in [-0.2, 0) is 25.6 Å². The molecule has 11 nitrogen and oxygen atoms in total. The van der Waals surface area contributed by atoms with Gasteiger partial charge in [-0.3, -0.25) is 19.2 Å². The van der Waals surface area contributed by atoms with Crippen molar-refractivity contribution in [2.24, 2.45) is 5.73 Å². The Hall–Kier alpha value is -2.83. The first kappa shape index (κ1) is 25.2. The van der Waals surface area contributed by atoms with Crippen molar-refractivity contribution in [3.63, 3.8) is 0 Å². The summed E-state index contributed by atoms with van der Waals surface area (Å²) in [6.45, 7) is 0.445. The molecule has 0 saturated heterocycles. The highest BCUT2D eigenvalue weighted by atomic mass is 32.1. The minimum Gasteiger partial charge on any atom is -0.508 e. The van der Waals surface area contributed by atoms with Gasteiger partial charge in [-0.25, -0.2) is 0 Å². The van der Waals surface area contributed by atoms with Crippen molar-refractivity contribution >= 4 is 36.3 Å². The number of amides is 3. The maximum absolute atomic E-state index is 12.4. The number of aliphatic hydroxyl groups excluding tert-OH is 1. The predicted octanol–water partition coefficient (Wildman–Crippen LogP) is -2.26. The van der Waals surface area contributed by atoms with E-state index in [1.165, 1.54) is 19.1 Å². The molecular formula is C18H26N4O7S. The number of rotatable bonds is 11. The summed E-state index contributed by atoms with van der Waals surface area (Å²) in [6, 6.07) is 1.35. The number of aromatic hydroxyl groups is 1. The fraction of sp³-hybridized carbons (Fsp3) is 0.444. The smallest absolute Gasteiger partial charge is 0.325 e. The number of thiol groups is 1. The number of nitrogens with one attached hydrogen (secondary N) is 3. The van der Waals surface area contributed by atoms with Crippen molar-refractivity contribution in [2.45, 2.75) is 37.5 Å². The van der Waals surface area contributed by atoms with Crippen LogP contribution < -0.4 is 21.7 Å². The molecule has 0 radical (unpaired) electrons. The van der Waals surface area contributed by atoms with Crippen LogP contribution in [0.2, 0.25) is 0 Å². The summed E-state index contributed by atoms with van der Waals surface area (Å²) in [7, 11) is 0. The molecule has 0 heterocycles. The molecule has 4 unspecified atom stereocenters. The number of benzene rings is 1. The first-order chi connectivity index (χ1) is 14.1. The Morgan fingerprint density at radius 2 is 1.53 bits per heavy atom. The summed E-state index contributed by atoms with van der Waals surface area (Å²) in [5.41, 5.74) is 6.56. The van der Waals surface area contributed by atoms with Crippen LogP contribution in [0.15, 0.2) is 24.3 Å². The molecule has 8 N–H and O–H groups in total. The maximum atomic E-state index is 12.4. The van der Waals surface area contributed by atoms with Crippen LogP contribution in [0.4, 0.5) is 0 Å². The summed E-state index contributed by atoms with van der Waals surface area (Å²) in [5.74, 6) is -3.66. The Bertz CT molecular complexity index is 759. The monoisotopic (exact) mass is 442 g/mol. The van der Waals surface area contributed by atoms with Crippen molar-refractivity contribution in [1.82, 2.24) is 16.0 Å². The number of hydrogen-bond acceptors (Lipinski definition) is 8. The summed E-state index contributed by atoms with van der Waals surface area (Å²) < 4.78 is 0. The molecule has 1 aromatic carbocycles. The van der Waals surface area contributed by atoms with Gasteiger partial charge in [0.25, 0.3) is 0 Å². The van der Waals surface area contributed by atoms with Gasteiger partial charge in [0.15, 0.2) is 0 Å². The second-order valence-corrected chi connectivity index (χ2v) is 6.90. The molecule has 1 rings (SSSR count). The van der Waals surface area contributed by atoms with Crippen LogP contribution in [0.1, 0.15) is 12.5 Å². The molecule has 0 bridgehead atoms. The Labute approximate surface area is 178 Å². The number of aliphatic carboxylic acids is 1. The second kappa shape index (κ2) is 12.0. The topological polar surface area (TPSA) is 191 Å². The number of aliphatic hydroxyl groups is 1. The van der Waals surface area contributed by atoms with Gasteiger partial charge in [-0.2, -0.15) is 12.6 Å². The molecule has 30 heavy (non-hydrogen) atoms. The number of carboxylic acid groups (broad SMARTS) is 1. The average molecular weight is 442 g/mol. The maximum Gasteiger partial charge on any atom is 0.325 e. The van der Waals surface area contributed by atoms with E-state index in [0.29, 0.717) is 5.56 Å². The number of carbonyl (C=O) groups excluding carboxylic acids is 3. The molecule has 0 spiro atoms. The summed E-state index contributed by atoms with van der Waals surface area (Å²) in [5, 5.41) is 34.2. The number of phenolic OH excluding ortho intramolecular Hbond substituents is 1. The van der Waals surface area contributed by atoms with E-state index < -0.39 is 54.5 Å². The molecule has 0 aliphatic rings. The van der Waals surface area contributed by atoms with Crippen LogP contribution in [0.5, 0.6) is 5.75 Å². The number of carboxylic acids is 1. The highest BCUT2D eigenvalue weighted by molar-refractivity contribution is 7.80. The van der Waals surface area contributed by atoms with Gasteiger partial charge in [0, 0.05) is 5.75 Å². The van der Waals surface area contributed by atoms with E-state index in [-0.39, 0.29) is 17.9 Å². The second-order valence-electron chi connectivity index (χ2n) is 6.53. The standard InChI is InChI=1S/C18H26N4O7S/c1-9(18(28)29)20-16(26)13(7-23)21-17(27)14(8-30)22-15(25)12(19)6-10-2-4-11(24)5-3-10/h2-5,9,12-14,23-24,30H,6-8,19H2,1H3,(H,20,26)(H,21,27)(H,22,25)(H,28,29). The zero-order valence-electron chi connectivity index (χ0n) is 16.2. The third-order valence-electron chi connectivity index (χ3n) is 4.09. The largest absolute Gasteiger partial charge is 0.508 e. The van der Waals surface area contributed by atoms with Crippen molar-refractivity contribution in [3.8, 4) is 5.75 Å². The molecule has 3 amide bonds. The van der Waals surface area contributed by atoms with Gasteiger partial charge in [0.1, 0.15) is 23.9 Å². The Morgan fingerprint density at radius 3 is 2.03 bits per heavy atom. The van der Waals surface area contributed by atoms with E-state index in [9.17, 15) is 29.4 Å². The minimum atomic E-state index is -1.41. The highest BCUT2D eigenvalue weighted by Crippen LogP contribution is 2.11.